The smallest absolute Gasteiger partial charge is 0.120 e. The van der Waals surface area contributed by atoms with Crippen molar-refractivity contribution in [1.82, 2.24) is 10.4 Å². The normalized spacial score (nSPS) is 12.4. The first-order valence-electron chi connectivity index (χ1n) is 6.44. The second-order valence-corrected chi connectivity index (χ2v) is 5.18. The number of rotatable bonds is 5. The van der Waals surface area contributed by atoms with Crippen molar-refractivity contribution in [2.45, 2.75) is 26.0 Å². The Labute approximate surface area is 123 Å². The third-order valence-electron chi connectivity index (χ3n) is 2.78. The lowest BCUT2D eigenvalue weighted by molar-refractivity contribution is 0.242. The van der Waals surface area contributed by atoms with Crippen molar-refractivity contribution in [1.29, 1.82) is 0 Å². The number of aromatic nitrogens is 1. The Balaban J connectivity index is 2.29. The van der Waals surface area contributed by atoms with Gasteiger partial charge in [-0.2, -0.15) is 0 Å². The molecule has 1 atom stereocenters. The van der Waals surface area contributed by atoms with Gasteiger partial charge >= 0.3 is 0 Å². The van der Waals surface area contributed by atoms with E-state index in [-0.39, 0.29) is 12.1 Å². The monoisotopic (exact) mass is 291 g/mol. The molecule has 0 fully saturated rings. The molecule has 1 heterocycles. The van der Waals surface area contributed by atoms with E-state index >= 15 is 0 Å². The number of hydrogen-bond acceptors (Lipinski definition) is 4. The van der Waals surface area contributed by atoms with Crippen LogP contribution < -0.4 is 16.0 Å². The highest BCUT2D eigenvalue weighted by Gasteiger charge is 2.14. The maximum Gasteiger partial charge on any atom is 0.120 e. The zero-order valence-electron chi connectivity index (χ0n) is 11.5. The summed E-state index contributed by atoms with van der Waals surface area (Å²) in [4.78, 5) is 4.30. The van der Waals surface area contributed by atoms with E-state index in [1.54, 1.807) is 12.3 Å². The number of ether oxygens (including phenoxy) is 1. The first-order chi connectivity index (χ1) is 9.60. The maximum atomic E-state index is 5.85. The lowest BCUT2D eigenvalue weighted by atomic mass is 10.0. The fourth-order valence-electron chi connectivity index (χ4n) is 1.95. The summed E-state index contributed by atoms with van der Waals surface area (Å²) in [5.41, 5.74) is 4.56. The number of benzene rings is 1. The first kappa shape index (κ1) is 14.8. The van der Waals surface area contributed by atoms with E-state index in [1.165, 1.54) is 0 Å². The highest BCUT2D eigenvalue weighted by molar-refractivity contribution is 6.30. The van der Waals surface area contributed by atoms with E-state index in [0.29, 0.717) is 5.02 Å². The van der Waals surface area contributed by atoms with Gasteiger partial charge in [0.1, 0.15) is 5.75 Å². The molecule has 0 amide bonds. The predicted octanol–water partition coefficient (Wildman–Crippen LogP) is 3.07. The van der Waals surface area contributed by atoms with Gasteiger partial charge < -0.3 is 4.74 Å². The van der Waals surface area contributed by atoms with Crippen LogP contribution in [-0.2, 0) is 0 Å². The number of nitrogens with zero attached hydrogens (tertiary/aromatic N) is 1. The van der Waals surface area contributed by atoms with Gasteiger partial charge in [-0.25, -0.2) is 5.43 Å². The molecule has 3 N–H and O–H groups in total. The van der Waals surface area contributed by atoms with Gasteiger partial charge in [0, 0.05) is 6.20 Å². The van der Waals surface area contributed by atoms with Crippen molar-refractivity contribution >= 4 is 11.6 Å². The van der Waals surface area contributed by atoms with Crippen LogP contribution in [0.15, 0.2) is 42.6 Å². The molecule has 4 nitrogen and oxygen atoms in total. The quantitative estimate of drug-likeness (QED) is 0.656. The Kier molecular flexibility index (Phi) is 4.95. The van der Waals surface area contributed by atoms with E-state index in [2.05, 4.69) is 10.4 Å². The number of nitrogens with two attached hydrogens (primary N) is 1. The van der Waals surface area contributed by atoms with Gasteiger partial charge in [0.25, 0.3) is 0 Å². The van der Waals surface area contributed by atoms with Gasteiger partial charge in [0.15, 0.2) is 0 Å². The van der Waals surface area contributed by atoms with Gasteiger partial charge in [-0.05, 0) is 43.7 Å². The lowest BCUT2D eigenvalue weighted by Crippen LogP contribution is -2.29. The van der Waals surface area contributed by atoms with Crippen molar-refractivity contribution in [2.24, 2.45) is 5.84 Å². The van der Waals surface area contributed by atoms with Crippen LogP contribution in [0, 0.1) is 0 Å². The summed E-state index contributed by atoms with van der Waals surface area (Å²) in [6.45, 7) is 3.98. The highest BCUT2D eigenvalue weighted by atomic mass is 35.5. The van der Waals surface area contributed by atoms with Crippen molar-refractivity contribution in [3.8, 4) is 5.75 Å². The molecular formula is C15H18ClN3O. The van der Waals surface area contributed by atoms with E-state index in [4.69, 9.17) is 22.2 Å². The first-order valence-corrected chi connectivity index (χ1v) is 6.82. The molecule has 1 unspecified atom stereocenters. The van der Waals surface area contributed by atoms with Gasteiger partial charge in [-0.1, -0.05) is 23.7 Å². The summed E-state index contributed by atoms with van der Waals surface area (Å²) in [6.07, 6.45) is 1.73. The topological polar surface area (TPSA) is 60.2 Å². The van der Waals surface area contributed by atoms with Crippen molar-refractivity contribution < 1.29 is 4.74 Å². The zero-order chi connectivity index (χ0) is 14.5. The van der Waals surface area contributed by atoms with Crippen molar-refractivity contribution in [2.75, 3.05) is 0 Å². The number of hydrogen-bond donors (Lipinski definition) is 2. The van der Waals surface area contributed by atoms with Gasteiger partial charge in [0.2, 0.25) is 0 Å². The fourth-order valence-corrected chi connectivity index (χ4v) is 2.06. The van der Waals surface area contributed by atoms with Gasteiger partial charge in [-0.15, -0.1) is 0 Å². The van der Waals surface area contributed by atoms with Crippen LogP contribution in [0.5, 0.6) is 5.75 Å². The molecule has 0 bridgehead atoms. The number of pyridine rings is 1. The molecule has 0 saturated heterocycles. The van der Waals surface area contributed by atoms with Crippen LogP contribution in [0.3, 0.4) is 0 Å². The van der Waals surface area contributed by atoms with E-state index in [9.17, 15) is 0 Å². The van der Waals surface area contributed by atoms with Crippen molar-refractivity contribution in [3.63, 3.8) is 0 Å². The van der Waals surface area contributed by atoms with E-state index in [1.807, 2.05) is 44.2 Å². The zero-order valence-corrected chi connectivity index (χ0v) is 12.3. The van der Waals surface area contributed by atoms with Crippen LogP contribution in [0.4, 0.5) is 0 Å². The van der Waals surface area contributed by atoms with Crippen LogP contribution in [0.1, 0.15) is 31.1 Å². The van der Waals surface area contributed by atoms with Crippen LogP contribution in [0.25, 0.3) is 0 Å². The standard InChI is InChI=1S/C15H18ClN3O/c1-10(2)20-13-5-3-4-11(8-13)15(19-17)14-7-6-12(16)9-18-14/h3-10,15,19H,17H2,1-2H3. The second-order valence-electron chi connectivity index (χ2n) is 4.74. The maximum absolute atomic E-state index is 5.85. The summed E-state index contributed by atoms with van der Waals surface area (Å²) >= 11 is 5.85. The highest BCUT2D eigenvalue weighted by Crippen LogP contribution is 2.24. The summed E-state index contributed by atoms with van der Waals surface area (Å²) in [5.74, 6) is 6.47. The largest absolute Gasteiger partial charge is 0.491 e. The Hall–Kier alpha value is -1.62. The minimum atomic E-state index is -0.206. The van der Waals surface area contributed by atoms with Crippen LogP contribution >= 0.6 is 11.6 Å². The Morgan fingerprint density at radius 3 is 2.65 bits per heavy atom. The Morgan fingerprint density at radius 1 is 1.25 bits per heavy atom. The van der Waals surface area contributed by atoms with E-state index < -0.39 is 0 Å². The van der Waals surface area contributed by atoms with Crippen LogP contribution in [0.2, 0.25) is 5.02 Å². The molecule has 5 heteroatoms. The molecule has 0 saturated carbocycles. The minimum Gasteiger partial charge on any atom is -0.491 e. The molecule has 20 heavy (non-hydrogen) atoms. The SMILES string of the molecule is CC(C)Oc1cccc(C(NN)c2ccc(Cl)cn2)c1. The number of hydrazine groups is 1. The average Bonchev–Trinajstić information content (AvgIpc) is 2.41. The van der Waals surface area contributed by atoms with E-state index in [0.717, 1.165) is 17.0 Å². The molecule has 0 spiro atoms. The third kappa shape index (κ3) is 3.70. The summed E-state index contributed by atoms with van der Waals surface area (Å²) < 4.78 is 5.69. The molecule has 2 rings (SSSR count). The minimum absolute atomic E-state index is 0.128. The molecule has 1 aromatic carbocycles. The molecule has 0 aliphatic carbocycles. The summed E-state index contributed by atoms with van der Waals surface area (Å²) in [7, 11) is 0. The molecule has 1 aromatic heterocycles. The molecule has 0 aliphatic heterocycles. The molecule has 106 valence electrons. The molecule has 2 aromatic rings. The summed E-state index contributed by atoms with van der Waals surface area (Å²) in [6, 6.07) is 11.2. The second kappa shape index (κ2) is 6.70. The predicted molar refractivity (Wildman–Crippen MR) is 80.6 cm³/mol. The molecular weight excluding hydrogens is 274 g/mol. The Morgan fingerprint density at radius 2 is 2.05 bits per heavy atom. The summed E-state index contributed by atoms with van der Waals surface area (Å²) in [5, 5.41) is 0.599. The number of halogens is 1. The fraction of sp³-hybridized carbons (Fsp3) is 0.267. The van der Waals surface area contributed by atoms with Crippen LogP contribution in [-0.4, -0.2) is 11.1 Å². The average molecular weight is 292 g/mol. The van der Waals surface area contributed by atoms with Gasteiger partial charge in [0.05, 0.1) is 22.9 Å². The Bertz CT molecular complexity index is 557. The lowest BCUT2D eigenvalue weighted by Gasteiger charge is -2.17. The molecule has 0 radical (unpaired) electrons. The molecule has 0 aliphatic rings. The van der Waals surface area contributed by atoms with Gasteiger partial charge in [-0.3, -0.25) is 10.8 Å². The number of nitrogens with one attached hydrogen (secondary N) is 1. The van der Waals surface area contributed by atoms with Crippen molar-refractivity contribution in [3.05, 3.63) is 58.9 Å². The third-order valence-corrected chi connectivity index (χ3v) is 3.00.